The smallest absolute Gasteiger partial charge is 0.178 e. The summed E-state index contributed by atoms with van der Waals surface area (Å²) in [5, 5.41) is 3.29. The van der Waals surface area contributed by atoms with Gasteiger partial charge in [0, 0.05) is 16.3 Å². The summed E-state index contributed by atoms with van der Waals surface area (Å²) in [6.07, 6.45) is 0. The number of benzene rings is 1. The fourth-order valence-electron chi connectivity index (χ4n) is 1.03. The molecule has 0 aliphatic carbocycles. The molecule has 1 aromatic carbocycles. The van der Waals surface area contributed by atoms with E-state index in [-0.39, 0.29) is 12.3 Å². The van der Waals surface area contributed by atoms with E-state index in [1.165, 1.54) is 0 Å². The highest BCUT2D eigenvalue weighted by molar-refractivity contribution is 6.31. The Kier molecular flexibility index (Phi) is 3.28. The van der Waals surface area contributed by atoms with Crippen LogP contribution in [0.2, 0.25) is 5.02 Å². The molecule has 1 aromatic rings. The van der Waals surface area contributed by atoms with Crippen LogP contribution in [0.1, 0.15) is 10.4 Å². The zero-order chi connectivity index (χ0) is 9.84. The Morgan fingerprint density at radius 3 is 2.92 bits per heavy atom. The van der Waals surface area contributed by atoms with Gasteiger partial charge in [-0.15, -0.1) is 0 Å². The first-order valence-electron chi connectivity index (χ1n) is 3.88. The molecular weight excluding hydrogens is 188 g/mol. The molecule has 0 bridgehead atoms. The second kappa shape index (κ2) is 4.25. The third kappa shape index (κ3) is 2.44. The number of nitrogens with one attached hydrogen (secondary N) is 1. The minimum atomic E-state index is -0.0532. The van der Waals surface area contributed by atoms with Crippen LogP contribution in [0.4, 0.5) is 5.69 Å². The van der Waals surface area contributed by atoms with Gasteiger partial charge in [-0.3, -0.25) is 4.79 Å². The number of anilines is 1. The summed E-state index contributed by atoms with van der Waals surface area (Å²) in [5.41, 5.74) is 6.55. The Morgan fingerprint density at radius 2 is 2.31 bits per heavy atom. The number of likely N-dealkylation sites (N-methyl/N-ethyl adjacent to an activating group) is 1. The normalized spacial score (nSPS) is 10.0. The molecule has 0 saturated heterocycles. The van der Waals surface area contributed by atoms with E-state index in [1.807, 2.05) is 0 Å². The number of carbonyl (C=O) groups is 1. The van der Waals surface area contributed by atoms with Gasteiger partial charge < -0.3 is 11.1 Å². The van der Waals surface area contributed by atoms with Crippen LogP contribution in [0.15, 0.2) is 18.2 Å². The average Bonchev–Trinajstić information content (AvgIpc) is 2.09. The second-order valence-electron chi connectivity index (χ2n) is 2.69. The molecule has 0 radical (unpaired) electrons. The standard InChI is InChI=1S/C9H11ClN2O/c1-12-5-9(13)7-4-6(10)2-3-8(7)11/h2-4,12H,5,11H2,1H3. The van der Waals surface area contributed by atoms with E-state index in [0.29, 0.717) is 16.3 Å². The van der Waals surface area contributed by atoms with E-state index in [4.69, 9.17) is 17.3 Å². The highest BCUT2D eigenvalue weighted by Crippen LogP contribution is 2.17. The van der Waals surface area contributed by atoms with Crippen molar-refractivity contribution in [2.45, 2.75) is 0 Å². The molecule has 0 spiro atoms. The van der Waals surface area contributed by atoms with Crippen molar-refractivity contribution in [3.05, 3.63) is 28.8 Å². The van der Waals surface area contributed by atoms with E-state index in [0.717, 1.165) is 0 Å². The van der Waals surface area contributed by atoms with E-state index < -0.39 is 0 Å². The average molecular weight is 199 g/mol. The van der Waals surface area contributed by atoms with Crippen molar-refractivity contribution in [3.63, 3.8) is 0 Å². The summed E-state index contributed by atoms with van der Waals surface area (Å²) in [5.74, 6) is -0.0532. The van der Waals surface area contributed by atoms with Crippen LogP contribution in [-0.4, -0.2) is 19.4 Å². The van der Waals surface area contributed by atoms with Gasteiger partial charge in [0.1, 0.15) is 0 Å². The maximum absolute atomic E-state index is 11.4. The Balaban J connectivity index is 2.99. The van der Waals surface area contributed by atoms with Crippen molar-refractivity contribution in [2.24, 2.45) is 0 Å². The van der Waals surface area contributed by atoms with Crippen LogP contribution < -0.4 is 11.1 Å². The molecule has 0 atom stereocenters. The highest BCUT2D eigenvalue weighted by atomic mass is 35.5. The largest absolute Gasteiger partial charge is 0.398 e. The first-order valence-corrected chi connectivity index (χ1v) is 4.25. The third-order valence-corrected chi connectivity index (χ3v) is 1.89. The van der Waals surface area contributed by atoms with Gasteiger partial charge in [0.15, 0.2) is 5.78 Å². The SMILES string of the molecule is CNCC(=O)c1cc(Cl)ccc1N. The van der Waals surface area contributed by atoms with Gasteiger partial charge in [0.05, 0.1) is 6.54 Å². The molecule has 1 rings (SSSR count). The van der Waals surface area contributed by atoms with Gasteiger partial charge in [0.2, 0.25) is 0 Å². The second-order valence-corrected chi connectivity index (χ2v) is 3.12. The fraction of sp³-hybridized carbons (Fsp3) is 0.222. The predicted molar refractivity (Wildman–Crippen MR) is 54.1 cm³/mol. The molecule has 3 nitrogen and oxygen atoms in total. The van der Waals surface area contributed by atoms with Crippen LogP contribution >= 0.6 is 11.6 Å². The van der Waals surface area contributed by atoms with Gasteiger partial charge in [-0.1, -0.05) is 11.6 Å². The molecular formula is C9H11ClN2O. The molecule has 0 aliphatic heterocycles. The zero-order valence-electron chi connectivity index (χ0n) is 7.30. The lowest BCUT2D eigenvalue weighted by Gasteiger charge is -2.04. The van der Waals surface area contributed by atoms with Crippen LogP contribution in [0, 0.1) is 0 Å². The van der Waals surface area contributed by atoms with Crippen molar-refractivity contribution in [1.82, 2.24) is 5.32 Å². The van der Waals surface area contributed by atoms with Crippen molar-refractivity contribution >= 4 is 23.1 Å². The number of carbonyl (C=O) groups excluding carboxylic acids is 1. The Bertz CT molecular complexity index is 325. The van der Waals surface area contributed by atoms with E-state index in [2.05, 4.69) is 5.32 Å². The highest BCUT2D eigenvalue weighted by Gasteiger charge is 2.08. The van der Waals surface area contributed by atoms with Crippen LogP contribution in [0.5, 0.6) is 0 Å². The van der Waals surface area contributed by atoms with Gasteiger partial charge in [-0.2, -0.15) is 0 Å². The Labute approximate surface area is 81.9 Å². The van der Waals surface area contributed by atoms with Crippen molar-refractivity contribution in [3.8, 4) is 0 Å². The minimum Gasteiger partial charge on any atom is -0.398 e. The number of nitrogen functional groups attached to an aromatic ring is 1. The van der Waals surface area contributed by atoms with E-state index in [1.54, 1.807) is 25.2 Å². The molecule has 13 heavy (non-hydrogen) atoms. The number of ketones is 1. The molecule has 70 valence electrons. The van der Waals surface area contributed by atoms with Crippen molar-refractivity contribution < 1.29 is 4.79 Å². The maximum atomic E-state index is 11.4. The summed E-state index contributed by atoms with van der Waals surface area (Å²) >= 11 is 5.73. The Hall–Kier alpha value is -1.06. The monoisotopic (exact) mass is 198 g/mol. The molecule has 3 N–H and O–H groups in total. The number of rotatable bonds is 3. The topological polar surface area (TPSA) is 55.1 Å². The van der Waals surface area contributed by atoms with Gasteiger partial charge in [-0.05, 0) is 25.2 Å². The number of hydrogen-bond donors (Lipinski definition) is 2. The molecule has 0 unspecified atom stereocenters. The molecule has 0 saturated carbocycles. The summed E-state index contributed by atoms with van der Waals surface area (Å²) in [7, 11) is 1.71. The maximum Gasteiger partial charge on any atom is 0.178 e. The summed E-state index contributed by atoms with van der Waals surface area (Å²) in [4.78, 5) is 11.4. The molecule has 0 aliphatic rings. The summed E-state index contributed by atoms with van der Waals surface area (Å²) in [6.45, 7) is 0.268. The van der Waals surface area contributed by atoms with Gasteiger partial charge >= 0.3 is 0 Å². The van der Waals surface area contributed by atoms with Crippen LogP contribution in [0.25, 0.3) is 0 Å². The summed E-state index contributed by atoms with van der Waals surface area (Å²) in [6, 6.07) is 4.87. The first kappa shape index (κ1) is 10.0. The molecule has 0 aromatic heterocycles. The fourth-order valence-corrected chi connectivity index (χ4v) is 1.20. The molecule has 0 fully saturated rings. The van der Waals surface area contributed by atoms with Gasteiger partial charge in [-0.25, -0.2) is 0 Å². The molecule has 0 heterocycles. The zero-order valence-corrected chi connectivity index (χ0v) is 8.06. The number of nitrogens with two attached hydrogens (primary N) is 1. The van der Waals surface area contributed by atoms with E-state index >= 15 is 0 Å². The van der Waals surface area contributed by atoms with Crippen LogP contribution in [0.3, 0.4) is 0 Å². The number of hydrogen-bond acceptors (Lipinski definition) is 3. The van der Waals surface area contributed by atoms with Crippen molar-refractivity contribution in [2.75, 3.05) is 19.3 Å². The lowest BCUT2D eigenvalue weighted by molar-refractivity contribution is 0.0994. The predicted octanol–water partition coefficient (Wildman–Crippen LogP) is 1.32. The number of Topliss-reactive ketones (excluding diaryl/α,β-unsaturated/α-hetero) is 1. The lowest BCUT2D eigenvalue weighted by Crippen LogP contribution is -2.19. The minimum absolute atomic E-state index is 0.0532. The van der Waals surface area contributed by atoms with E-state index in [9.17, 15) is 4.79 Å². The molecule has 4 heteroatoms. The Morgan fingerprint density at radius 1 is 1.62 bits per heavy atom. The number of halogens is 1. The third-order valence-electron chi connectivity index (χ3n) is 1.65. The lowest BCUT2D eigenvalue weighted by atomic mass is 10.1. The van der Waals surface area contributed by atoms with Crippen LogP contribution in [-0.2, 0) is 0 Å². The molecule has 0 amide bonds. The van der Waals surface area contributed by atoms with Gasteiger partial charge in [0.25, 0.3) is 0 Å². The van der Waals surface area contributed by atoms with Crippen molar-refractivity contribution in [1.29, 1.82) is 0 Å². The summed E-state index contributed by atoms with van der Waals surface area (Å²) < 4.78 is 0. The first-order chi connectivity index (χ1) is 6.15. The quantitative estimate of drug-likeness (QED) is 0.569.